The fourth-order valence-electron chi connectivity index (χ4n) is 3.46. The molecule has 1 aliphatic rings. The standard InChI is InChI=1S/C24H22N2O/c1-27-23-12-11-18(16-22(23)19-7-3-2-4-8-19)15-20-9-6-14-26-24(20)21-10-5-13-25-17-21/h2-5,7-8,10-13,15-17H,6,9,14H2,1H3/b20-15+. The van der Waals surface area contributed by atoms with Crippen LogP contribution in [0.15, 0.2) is 83.6 Å². The molecule has 0 saturated carbocycles. The van der Waals surface area contributed by atoms with Crippen LogP contribution in [-0.2, 0) is 0 Å². The molecule has 0 bridgehead atoms. The third-order valence-corrected chi connectivity index (χ3v) is 4.76. The molecule has 0 fully saturated rings. The highest BCUT2D eigenvalue weighted by molar-refractivity contribution is 6.15. The monoisotopic (exact) mass is 354 g/mol. The van der Waals surface area contributed by atoms with Crippen LogP contribution in [0.25, 0.3) is 17.2 Å². The van der Waals surface area contributed by atoms with Crippen LogP contribution < -0.4 is 4.74 Å². The van der Waals surface area contributed by atoms with Crippen molar-refractivity contribution in [3.63, 3.8) is 0 Å². The van der Waals surface area contributed by atoms with Gasteiger partial charge in [-0.05, 0) is 59.9 Å². The third kappa shape index (κ3) is 3.82. The topological polar surface area (TPSA) is 34.5 Å². The molecule has 27 heavy (non-hydrogen) atoms. The number of ether oxygens (including phenoxy) is 1. The highest BCUT2D eigenvalue weighted by Gasteiger charge is 2.15. The first-order valence-electron chi connectivity index (χ1n) is 9.24. The molecule has 1 aliphatic heterocycles. The minimum Gasteiger partial charge on any atom is -0.496 e. The fraction of sp³-hybridized carbons (Fsp3) is 0.167. The van der Waals surface area contributed by atoms with Crippen LogP contribution >= 0.6 is 0 Å². The molecule has 4 rings (SSSR count). The molecule has 0 unspecified atom stereocenters. The van der Waals surface area contributed by atoms with Gasteiger partial charge in [0.1, 0.15) is 5.75 Å². The number of hydrogen-bond donors (Lipinski definition) is 0. The van der Waals surface area contributed by atoms with Gasteiger partial charge in [-0.1, -0.05) is 36.4 Å². The molecule has 0 aliphatic carbocycles. The summed E-state index contributed by atoms with van der Waals surface area (Å²) in [6.07, 6.45) is 8.04. The second-order valence-corrected chi connectivity index (χ2v) is 6.57. The van der Waals surface area contributed by atoms with E-state index in [-0.39, 0.29) is 0 Å². The number of benzene rings is 2. The summed E-state index contributed by atoms with van der Waals surface area (Å²) in [4.78, 5) is 9.03. The molecule has 0 N–H and O–H groups in total. The second-order valence-electron chi connectivity index (χ2n) is 6.57. The van der Waals surface area contributed by atoms with Gasteiger partial charge >= 0.3 is 0 Å². The first-order chi connectivity index (χ1) is 13.3. The summed E-state index contributed by atoms with van der Waals surface area (Å²) in [7, 11) is 1.72. The normalized spacial score (nSPS) is 15.4. The minimum absolute atomic E-state index is 0.874. The second kappa shape index (κ2) is 8.00. The number of aliphatic imine (C=N–C) groups is 1. The number of pyridine rings is 1. The van der Waals surface area contributed by atoms with Gasteiger partial charge in [-0.2, -0.15) is 0 Å². The first kappa shape index (κ1) is 17.2. The van der Waals surface area contributed by atoms with Gasteiger partial charge < -0.3 is 4.74 Å². The van der Waals surface area contributed by atoms with Crippen molar-refractivity contribution in [2.24, 2.45) is 4.99 Å². The average Bonchev–Trinajstić information content (AvgIpc) is 2.75. The van der Waals surface area contributed by atoms with Gasteiger partial charge in [0.15, 0.2) is 0 Å². The van der Waals surface area contributed by atoms with E-state index in [0.29, 0.717) is 0 Å². The zero-order valence-electron chi connectivity index (χ0n) is 15.4. The van der Waals surface area contributed by atoms with Crippen molar-refractivity contribution in [3.8, 4) is 16.9 Å². The lowest BCUT2D eigenvalue weighted by Gasteiger charge is -2.17. The van der Waals surface area contributed by atoms with Gasteiger partial charge in [0, 0.05) is 30.1 Å². The molecule has 3 nitrogen and oxygen atoms in total. The smallest absolute Gasteiger partial charge is 0.126 e. The van der Waals surface area contributed by atoms with Gasteiger partial charge in [-0.25, -0.2) is 0 Å². The molecule has 0 amide bonds. The Hall–Kier alpha value is -3.20. The third-order valence-electron chi connectivity index (χ3n) is 4.76. The molecule has 2 aromatic carbocycles. The van der Waals surface area contributed by atoms with Crippen molar-refractivity contribution in [1.82, 2.24) is 4.98 Å². The maximum absolute atomic E-state index is 5.58. The van der Waals surface area contributed by atoms with Crippen molar-refractivity contribution >= 4 is 11.8 Å². The number of rotatable bonds is 4. The molecule has 0 saturated heterocycles. The van der Waals surface area contributed by atoms with E-state index < -0.39 is 0 Å². The molecule has 3 heteroatoms. The van der Waals surface area contributed by atoms with Gasteiger partial charge in [0.2, 0.25) is 0 Å². The summed E-state index contributed by atoms with van der Waals surface area (Å²) in [5, 5.41) is 0. The highest BCUT2D eigenvalue weighted by atomic mass is 16.5. The van der Waals surface area contributed by atoms with E-state index in [9.17, 15) is 0 Å². The lowest BCUT2D eigenvalue weighted by Crippen LogP contribution is -2.11. The zero-order chi connectivity index (χ0) is 18.5. The van der Waals surface area contributed by atoms with Crippen LogP contribution in [0.2, 0.25) is 0 Å². The van der Waals surface area contributed by atoms with Gasteiger partial charge in [-0.3, -0.25) is 9.98 Å². The summed E-state index contributed by atoms with van der Waals surface area (Å²) >= 11 is 0. The van der Waals surface area contributed by atoms with Crippen LogP contribution in [0, 0.1) is 0 Å². The maximum Gasteiger partial charge on any atom is 0.126 e. The Morgan fingerprint density at radius 1 is 0.963 bits per heavy atom. The summed E-state index contributed by atoms with van der Waals surface area (Å²) in [6.45, 7) is 0.874. The molecule has 0 radical (unpaired) electrons. The summed E-state index contributed by atoms with van der Waals surface area (Å²) in [6, 6.07) is 20.7. The number of nitrogens with zero attached hydrogens (tertiary/aromatic N) is 2. The Bertz CT molecular complexity index is 976. The quantitative estimate of drug-likeness (QED) is 0.626. The number of hydrogen-bond acceptors (Lipinski definition) is 3. The summed E-state index contributed by atoms with van der Waals surface area (Å²) < 4.78 is 5.58. The van der Waals surface area contributed by atoms with Crippen LogP contribution in [0.4, 0.5) is 0 Å². The Labute approximate surface area is 160 Å². The van der Waals surface area contributed by atoms with Gasteiger partial charge in [-0.15, -0.1) is 0 Å². The molecule has 134 valence electrons. The highest BCUT2D eigenvalue weighted by Crippen LogP contribution is 2.32. The van der Waals surface area contributed by atoms with Crippen LogP contribution in [0.5, 0.6) is 5.75 Å². The molecular weight excluding hydrogens is 332 g/mol. The predicted molar refractivity (Wildman–Crippen MR) is 111 cm³/mol. The molecule has 0 atom stereocenters. The molecule has 2 heterocycles. The Kier molecular flexibility index (Phi) is 5.10. The SMILES string of the molecule is COc1ccc(/C=C2\CCCN=C2c2cccnc2)cc1-c1ccccc1. The lowest BCUT2D eigenvalue weighted by atomic mass is 9.94. The maximum atomic E-state index is 5.58. The van der Waals surface area contributed by atoms with Crippen LogP contribution in [-0.4, -0.2) is 24.4 Å². The van der Waals surface area contributed by atoms with Crippen LogP contribution in [0.3, 0.4) is 0 Å². The van der Waals surface area contributed by atoms with Gasteiger partial charge in [0.25, 0.3) is 0 Å². The van der Waals surface area contributed by atoms with E-state index in [4.69, 9.17) is 9.73 Å². The average molecular weight is 354 g/mol. The number of allylic oxidation sites excluding steroid dienone is 1. The Morgan fingerprint density at radius 2 is 1.81 bits per heavy atom. The van der Waals surface area contributed by atoms with Crippen molar-refractivity contribution < 1.29 is 4.74 Å². The van der Waals surface area contributed by atoms with E-state index in [1.54, 1.807) is 13.3 Å². The Balaban J connectivity index is 1.75. The molecule has 0 spiro atoms. The molecule has 3 aromatic rings. The molecular formula is C24H22N2O. The number of methoxy groups -OCH3 is 1. The van der Waals surface area contributed by atoms with Crippen LogP contribution in [0.1, 0.15) is 24.0 Å². The van der Waals surface area contributed by atoms with Gasteiger partial charge in [0.05, 0.1) is 12.8 Å². The van der Waals surface area contributed by atoms with E-state index in [1.807, 2.05) is 36.5 Å². The zero-order valence-corrected chi connectivity index (χ0v) is 15.4. The largest absolute Gasteiger partial charge is 0.496 e. The van der Waals surface area contributed by atoms with Crippen molar-refractivity contribution in [3.05, 3.63) is 89.8 Å². The predicted octanol–water partition coefficient (Wildman–Crippen LogP) is 5.42. The number of aromatic nitrogens is 1. The van der Waals surface area contributed by atoms with Crippen molar-refractivity contribution in [2.75, 3.05) is 13.7 Å². The van der Waals surface area contributed by atoms with Crippen molar-refractivity contribution in [2.45, 2.75) is 12.8 Å². The summed E-state index contributed by atoms with van der Waals surface area (Å²) in [5.74, 6) is 0.883. The fourth-order valence-corrected chi connectivity index (χ4v) is 3.46. The minimum atomic E-state index is 0.874. The summed E-state index contributed by atoms with van der Waals surface area (Å²) in [5.41, 5.74) is 6.82. The van der Waals surface area contributed by atoms with E-state index in [1.165, 1.54) is 5.57 Å². The first-order valence-corrected chi connectivity index (χ1v) is 9.24. The van der Waals surface area contributed by atoms with E-state index in [2.05, 4.69) is 41.4 Å². The lowest BCUT2D eigenvalue weighted by molar-refractivity contribution is 0.416. The van der Waals surface area contributed by atoms with E-state index >= 15 is 0 Å². The van der Waals surface area contributed by atoms with Crippen molar-refractivity contribution in [1.29, 1.82) is 0 Å². The van der Waals surface area contributed by atoms with E-state index in [0.717, 1.165) is 53.1 Å². The molecule has 1 aromatic heterocycles. The Morgan fingerprint density at radius 3 is 2.59 bits per heavy atom.